The molecule has 28 heavy (non-hydrogen) atoms. The zero-order valence-corrected chi connectivity index (χ0v) is 15.9. The number of ether oxygens (including phenoxy) is 2. The van der Waals surface area contributed by atoms with Crippen LogP contribution < -0.4 is 15.4 Å². The number of hydrogen-bond acceptors (Lipinski definition) is 5. The topological polar surface area (TPSA) is 89.5 Å². The number of nitrogens with zero attached hydrogens (tertiary/aromatic N) is 1. The van der Waals surface area contributed by atoms with Crippen LogP contribution in [0.1, 0.15) is 39.3 Å². The monoisotopic (exact) mass is 383 g/mol. The fourth-order valence-corrected chi connectivity index (χ4v) is 3.12. The second-order valence-corrected chi connectivity index (χ2v) is 6.59. The Morgan fingerprint density at radius 3 is 2.86 bits per heavy atom. The van der Waals surface area contributed by atoms with E-state index < -0.39 is 0 Å². The highest BCUT2D eigenvalue weighted by molar-refractivity contribution is 5.98. The predicted octanol–water partition coefficient (Wildman–Crippen LogP) is 1.97. The first-order valence-corrected chi connectivity index (χ1v) is 9.43. The van der Waals surface area contributed by atoms with Crippen LogP contribution in [0.2, 0.25) is 0 Å². The van der Waals surface area contributed by atoms with Crippen LogP contribution in [0.5, 0.6) is 5.75 Å². The van der Waals surface area contributed by atoms with E-state index >= 15 is 0 Å². The molecular formula is C21H25N3O4. The first-order valence-electron chi connectivity index (χ1n) is 9.43. The Bertz CT molecular complexity index is 819. The fourth-order valence-electron chi connectivity index (χ4n) is 3.12. The minimum Gasteiger partial charge on any atom is -0.496 e. The lowest BCUT2D eigenvalue weighted by molar-refractivity contribution is 0.0853. The Labute approximate surface area is 164 Å². The molecule has 0 spiro atoms. The van der Waals surface area contributed by atoms with Gasteiger partial charge >= 0.3 is 0 Å². The van der Waals surface area contributed by atoms with Crippen molar-refractivity contribution in [1.29, 1.82) is 0 Å². The summed E-state index contributed by atoms with van der Waals surface area (Å²) in [5.41, 5.74) is 1.64. The summed E-state index contributed by atoms with van der Waals surface area (Å²) in [4.78, 5) is 28.7. The minimum atomic E-state index is -0.306. The van der Waals surface area contributed by atoms with E-state index in [4.69, 9.17) is 9.47 Å². The number of pyridine rings is 1. The number of carbonyl (C=O) groups is 2. The van der Waals surface area contributed by atoms with Crippen molar-refractivity contribution in [2.24, 2.45) is 0 Å². The molecule has 1 aliphatic heterocycles. The van der Waals surface area contributed by atoms with Gasteiger partial charge in [0.2, 0.25) is 0 Å². The van der Waals surface area contributed by atoms with Crippen LogP contribution >= 0.6 is 0 Å². The smallest absolute Gasteiger partial charge is 0.269 e. The van der Waals surface area contributed by atoms with Gasteiger partial charge in [-0.25, -0.2) is 0 Å². The SMILES string of the molecule is COc1ccccc1CCNC(=O)c1ccnc(C(=O)NCC2CCCO2)c1. The molecule has 2 aromatic rings. The van der Waals surface area contributed by atoms with Crippen molar-refractivity contribution in [2.75, 3.05) is 26.8 Å². The molecule has 0 radical (unpaired) electrons. The second kappa shape index (κ2) is 9.85. The van der Waals surface area contributed by atoms with E-state index in [0.717, 1.165) is 30.8 Å². The fraction of sp³-hybridized carbons (Fsp3) is 0.381. The molecule has 1 fully saturated rings. The van der Waals surface area contributed by atoms with Crippen LogP contribution in [-0.4, -0.2) is 49.7 Å². The summed E-state index contributed by atoms with van der Waals surface area (Å²) in [5.74, 6) is 0.246. The number of hydrogen-bond donors (Lipinski definition) is 2. The Hall–Kier alpha value is -2.93. The van der Waals surface area contributed by atoms with Crippen LogP contribution in [0.4, 0.5) is 0 Å². The van der Waals surface area contributed by atoms with Crippen molar-refractivity contribution in [3.63, 3.8) is 0 Å². The average molecular weight is 383 g/mol. The van der Waals surface area contributed by atoms with Gasteiger partial charge in [0.15, 0.2) is 0 Å². The Balaban J connectivity index is 1.52. The number of carbonyl (C=O) groups excluding carboxylic acids is 2. The normalized spacial score (nSPS) is 15.8. The molecule has 7 nitrogen and oxygen atoms in total. The Kier molecular flexibility index (Phi) is 6.97. The summed E-state index contributed by atoms with van der Waals surface area (Å²) in [6, 6.07) is 10.8. The highest BCUT2D eigenvalue weighted by atomic mass is 16.5. The van der Waals surface area contributed by atoms with E-state index in [1.165, 1.54) is 12.3 Å². The zero-order valence-electron chi connectivity index (χ0n) is 15.9. The molecule has 7 heteroatoms. The molecule has 2 amide bonds. The number of para-hydroxylation sites is 1. The maximum absolute atomic E-state index is 12.4. The standard InChI is InChI=1S/C21H25N3O4/c1-27-19-7-3-2-5-15(19)8-11-23-20(25)16-9-10-22-18(13-16)21(26)24-14-17-6-4-12-28-17/h2-3,5,7,9-10,13,17H,4,6,8,11-12,14H2,1H3,(H,23,25)(H,24,26). The lowest BCUT2D eigenvalue weighted by Gasteiger charge is -2.11. The van der Waals surface area contributed by atoms with Gasteiger partial charge in [0.05, 0.1) is 13.2 Å². The van der Waals surface area contributed by atoms with Crippen molar-refractivity contribution in [3.8, 4) is 5.75 Å². The highest BCUT2D eigenvalue weighted by Gasteiger charge is 2.18. The summed E-state index contributed by atoms with van der Waals surface area (Å²) >= 11 is 0. The van der Waals surface area contributed by atoms with Crippen molar-refractivity contribution in [1.82, 2.24) is 15.6 Å². The molecule has 1 aliphatic rings. The molecule has 1 aromatic heterocycles. The number of amides is 2. The summed E-state index contributed by atoms with van der Waals surface area (Å²) in [7, 11) is 1.62. The van der Waals surface area contributed by atoms with Crippen molar-refractivity contribution in [2.45, 2.75) is 25.4 Å². The van der Waals surface area contributed by atoms with Crippen LogP contribution in [-0.2, 0) is 11.2 Å². The van der Waals surface area contributed by atoms with E-state index in [-0.39, 0.29) is 23.6 Å². The van der Waals surface area contributed by atoms with Crippen molar-refractivity contribution < 1.29 is 19.1 Å². The highest BCUT2D eigenvalue weighted by Crippen LogP contribution is 2.17. The third-order valence-corrected chi connectivity index (χ3v) is 4.64. The molecule has 1 aromatic carbocycles. The van der Waals surface area contributed by atoms with Gasteiger partial charge < -0.3 is 20.1 Å². The van der Waals surface area contributed by atoms with Gasteiger partial charge in [0.25, 0.3) is 11.8 Å². The molecule has 1 unspecified atom stereocenters. The van der Waals surface area contributed by atoms with Gasteiger partial charge in [-0.1, -0.05) is 18.2 Å². The number of benzene rings is 1. The Morgan fingerprint density at radius 2 is 2.07 bits per heavy atom. The van der Waals surface area contributed by atoms with E-state index in [1.807, 2.05) is 24.3 Å². The van der Waals surface area contributed by atoms with E-state index in [2.05, 4.69) is 15.6 Å². The zero-order chi connectivity index (χ0) is 19.8. The van der Waals surface area contributed by atoms with E-state index in [1.54, 1.807) is 13.2 Å². The van der Waals surface area contributed by atoms with Gasteiger partial charge in [-0.05, 0) is 43.0 Å². The van der Waals surface area contributed by atoms with Gasteiger partial charge in [0.1, 0.15) is 11.4 Å². The quantitative estimate of drug-likeness (QED) is 0.728. The minimum absolute atomic E-state index is 0.0606. The molecule has 3 rings (SSSR count). The largest absolute Gasteiger partial charge is 0.496 e. The number of nitrogens with one attached hydrogen (secondary N) is 2. The molecule has 0 bridgehead atoms. The summed E-state index contributed by atoms with van der Waals surface area (Å²) < 4.78 is 10.8. The van der Waals surface area contributed by atoms with Crippen LogP contribution in [0.25, 0.3) is 0 Å². The maximum Gasteiger partial charge on any atom is 0.269 e. The van der Waals surface area contributed by atoms with Crippen LogP contribution in [0, 0.1) is 0 Å². The van der Waals surface area contributed by atoms with Gasteiger partial charge in [-0.3, -0.25) is 14.6 Å². The van der Waals surface area contributed by atoms with Gasteiger partial charge in [-0.15, -0.1) is 0 Å². The second-order valence-electron chi connectivity index (χ2n) is 6.59. The molecule has 148 valence electrons. The number of aromatic nitrogens is 1. The third-order valence-electron chi connectivity index (χ3n) is 4.64. The van der Waals surface area contributed by atoms with E-state index in [9.17, 15) is 9.59 Å². The molecule has 0 aliphatic carbocycles. The lowest BCUT2D eigenvalue weighted by Crippen LogP contribution is -2.32. The van der Waals surface area contributed by atoms with Gasteiger partial charge in [-0.2, -0.15) is 0 Å². The Morgan fingerprint density at radius 1 is 1.21 bits per heavy atom. The molecule has 1 saturated heterocycles. The first kappa shape index (κ1) is 19.8. The average Bonchev–Trinajstić information content (AvgIpc) is 3.26. The summed E-state index contributed by atoms with van der Waals surface area (Å²) in [5, 5.41) is 5.68. The molecular weight excluding hydrogens is 358 g/mol. The van der Waals surface area contributed by atoms with Crippen molar-refractivity contribution in [3.05, 3.63) is 59.4 Å². The third kappa shape index (κ3) is 5.29. The lowest BCUT2D eigenvalue weighted by atomic mass is 10.1. The van der Waals surface area contributed by atoms with Gasteiger partial charge in [0, 0.05) is 31.5 Å². The molecule has 2 heterocycles. The summed E-state index contributed by atoms with van der Waals surface area (Å²) in [6.07, 6.45) is 4.14. The molecule has 1 atom stereocenters. The number of methoxy groups -OCH3 is 1. The number of rotatable bonds is 8. The molecule has 2 N–H and O–H groups in total. The first-order chi connectivity index (χ1) is 13.7. The molecule has 0 saturated carbocycles. The van der Waals surface area contributed by atoms with Crippen LogP contribution in [0.15, 0.2) is 42.6 Å². The predicted molar refractivity (Wildman–Crippen MR) is 105 cm³/mol. The van der Waals surface area contributed by atoms with E-state index in [0.29, 0.717) is 25.1 Å². The summed E-state index contributed by atoms with van der Waals surface area (Å²) in [6.45, 7) is 1.65. The van der Waals surface area contributed by atoms with Crippen LogP contribution in [0.3, 0.4) is 0 Å². The van der Waals surface area contributed by atoms with Crippen molar-refractivity contribution >= 4 is 11.8 Å². The maximum atomic E-state index is 12.4.